The van der Waals surface area contributed by atoms with Crippen molar-refractivity contribution in [1.82, 2.24) is 14.3 Å². The van der Waals surface area contributed by atoms with Gasteiger partial charge in [-0.3, -0.25) is 18.9 Å². The van der Waals surface area contributed by atoms with Gasteiger partial charge in [0.05, 0.1) is 4.91 Å². The number of aromatic nitrogens is 2. The number of benzene rings is 1. The molecular weight excluding hydrogens is 437 g/mol. The van der Waals surface area contributed by atoms with Gasteiger partial charge in [0.2, 0.25) is 5.88 Å². The highest BCUT2D eigenvalue weighted by molar-refractivity contribution is 8.26. The molecule has 0 saturated carbocycles. The van der Waals surface area contributed by atoms with Crippen molar-refractivity contribution < 1.29 is 13.9 Å². The van der Waals surface area contributed by atoms with Crippen molar-refractivity contribution in [1.29, 1.82) is 0 Å². The van der Waals surface area contributed by atoms with Crippen LogP contribution < -0.4 is 10.3 Å². The van der Waals surface area contributed by atoms with Gasteiger partial charge in [0.1, 0.15) is 27.1 Å². The number of rotatable bonds is 4. The van der Waals surface area contributed by atoms with Gasteiger partial charge in [-0.1, -0.05) is 30.0 Å². The zero-order chi connectivity index (χ0) is 22.3. The molecule has 4 rings (SSSR count). The van der Waals surface area contributed by atoms with Gasteiger partial charge in [-0.05, 0) is 62.7 Å². The van der Waals surface area contributed by atoms with Crippen LogP contribution in [0.1, 0.15) is 25.0 Å². The first-order valence-electron chi connectivity index (χ1n) is 9.48. The molecule has 158 valence electrons. The molecule has 0 atom stereocenters. The predicted molar refractivity (Wildman–Crippen MR) is 123 cm³/mol. The smallest absolute Gasteiger partial charge is 0.269 e. The minimum Gasteiger partial charge on any atom is -0.438 e. The maximum atomic E-state index is 13.3. The highest BCUT2D eigenvalue weighted by Gasteiger charge is 2.34. The third-order valence-electron chi connectivity index (χ3n) is 4.69. The second-order valence-corrected chi connectivity index (χ2v) is 8.90. The molecule has 1 aliphatic rings. The Morgan fingerprint density at radius 1 is 1.19 bits per heavy atom. The van der Waals surface area contributed by atoms with Crippen molar-refractivity contribution in [3.05, 3.63) is 74.8 Å². The molecule has 31 heavy (non-hydrogen) atoms. The van der Waals surface area contributed by atoms with E-state index in [0.29, 0.717) is 20.6 Å². The molecular formula is C22H18FN3O3S2. The molecule has 2 aromatic heterocycles. The number of carbonyl (C=O) groups is 1. The van der Waals surface area contributed by atoms with E-state index in [2.05, 4.69) is 4.98 Å². The highest BCUT2D eigenvalue weighted by atomic mass is 32.2. The molecule has 0 unspecified atom stereocenters. The molecule has 0 N–H and O–H groups in total. The number of thioether (sulfide) groups is 1. The summed E-state index contributed by atoms with van der Waals surface area (Å²) in [5.41, 5.74) is 0.926. The molecule has 6 nitrogen and oxygen atoms in total. The third-order valence-corrected chi connectivity index (χ3v) is 6.02. The second kappa shape index (κ2) is 8.24. The molecule has 1 aromatic carbocycles. The number of thiocarbonyl (C=S) groups is 1. The van der Waals surface area contributed by atoms with Crippen LogP contribution in [0.4, 0.5) is 4.39 Å². The van der Waals surface area contributed by atoms with Crippen LogP contribution in [0.5, 0.6) is 11.6 Å². The van der Waals surface area contributed by atoms with Gasteiger partial charge in [-0.15, -0.1) is 0 Å². The lowest BCUT2D eigenvalue weighted by atomic mass is 10.2. The Morgan fingerprint density at radius 3 is 2.55 bits per heavy atom. The highest BCUT2D eigenvalue weighted by Crippen LogP contribution is 2.35. The van der Waals surface area contributed by atoms with E-state index in [1.165, 1.54) is 39.6 Å². The number of nitrogens with zero attached hydrogens (tertiary/aromatic N) is 3. The molecule has 0 radical (unpaired) electrons. The van der Waals surface area contributed by atoms with E-state index in [4.69, 9.17) is 17.0 Å². The van der Waals surface area contributed by atoms with Gasteiger partial charge in [0.15, 0.2) is 0 Å². The zero-order valence-corrected chi connectivity index (χ0v) is 18.6. The fourth-order valence-corrected chi connectivity index (χ4v) is 4.67. The fourth-order valence-electron chi connectivity index (χ4n) is 3.16. The van der Waals surface area contributed by atoms with Crippen molar-refractivity contribution in [2.75, 3.05) is 0 Å². The van der Waals surface area contributed by atoms with Crippen LogP contribution in [0.2, 0.25) is 0 Å². The lowest BCUT2D eigenvalue weighted by molar-refractivity contribution is -0.123. The Labute approximate surface area is 187 Å². The summed E-state index contributed by atoms with van der Waals surface area (Å²) in [4.78, 5) is 32.5. The molecule has 1 saturated heterocycles. The van der Waals surface area contributed by atoms with Gasteiger partial charge in [0, 0.05) is 12.2 Å². The molecule has 1 aliphatic heterocycles. The van der Waals surface area contributed by atoms with Crippen molar-refractivity contribution in [3.63, 3.8) is 0 Å². The summed E-state index contributed by atoms with van der Waals surface area (Å²) in [7, 11) is 0. The summed E-state index contributed by atoms with van der Waals surface area (Å²) in [5.74, 6) is -0.338. The summed E-state index contributed by atoms with van der Waals surface area (Å²) >= 11 is 6.45. The maximum absolute atomic E-state index is 13.3. The van der Waals surface area contributed by atoms with Crippen LogP contribution in [-0.2, 0) is 4.79 Å². The predicted octanol–water partition coefficient (Wildman–Crippen LogP) is 4.54. The standard InChI is InChI=1S/C22H18FN3O3S2/c1-12(2)26-21(28)17(31-22(26)30)11-16-19(29-15-8-6-14(23)7-9-15)24-18-13(3)5-4-10-25(18)20(16)27/h4-12H,1-3H3. The van der Waals surface area contributed by atoms with E-state index in [1.54, 1.807) is 12.3 Å². The van der Waals surface area contributed by atoms with Crippen molar-refractivity contribution in [3.8, 4) is 11.6 Å². The quantitative estimate of drug-likeness (QED) is 0.425. The Hall–Kier alpha value is -3.04. The van der Waals surface area contributed by atoms with Gasteiger partial charge in [-0.25, -0.2) is 4.39 Å². The fraction of sp³-hybridized carbons (Fsp3) is 0.182. The van der Waals surface area contributed by atoms with Crippen LogP contribution in [0.3, 0.4) is 0 Å². The van der Waals surface area contributed by atoms with E-state index >= 15 is 0 Å². The summed E-state index contributed by atoms with van der Waals surface area (Å²) in [6.07, 6.45) is 3.07. The lowest BCUT2D eigenvalue weighted by Gasteiger charge is -2.18. The number of aryl methyl sites for hydroxylation is 1. The van der Waals surface area contributed by atoms with Crippen LogP contribution >= 0.6 is 24.0 Å². The molecule has 0 aliphatic carbocycles. The molecule has 0 bridgehead atoms. The number of fused-ring (bicyclic) bond motifs is 1. The van der Waals surface area contributed by atoms with Crippen LogP contribution in [-0.4, -0.2) is 30.6 Å². The summed E-state index contributed by atoms with van der Waals surface area (Å²) < 4.78 is 21.0. The minimum atomic E-state index is -0.410. The number of halogens is 1. The Morgan fingerprint density at radius 2 is 1.90 bits per heavy atom. The molecule has 0 spiro atoms. The first kappa shape index (κ1) is 21.2. The number of pyridine rings is 1. The summed E-state index contributed by atoms with van der Waals surface area (Å²) in [6, 6.07) is 8.86. The monoisotopic (exact) mass is 455 g/mol. The Bertz CT molecular complexity index is 1300. The number of carbonyl (C=O) groups excluding carboxylic acids is 1. The molecule has 1 amide bonds. The minimum absolute atomic E-state index is 0.0284. The van der Waals surface area contributed by atoms with Crippen LogP contribution in [0.25, 0.3) is 11.7 Å². The van der Waals surface area contributed by atoms with Gasteiger partial charge < -0.3 is 4.74 Å². The first-order valence-corrected chi connectivity index (χ1v) is 10.7. The summed E-state index contributed by atoms with van der Waals surface area (Å²) in [6.45, 7) is 5.56. The molecule has 1 fully saturated rings. The lowest BCUT2D eigenvalue weighted by Crippen LogP contribution is -2.34. The number of amides is 1. The third kappa shape index (κ3) is 3.98. The Kier molecular flexibility index (Phi) is 5.63. The Balaban J connectivity index is 1.90. The number of hydrogen-bond acceptors (Lipinski definition) is 6. The largest absolute Gasteiger partial charge is 0.438 e. The zero-order valence-electron chi connectivity index (χ0n) is 17.0. The second-order valence-electron chi connectivity index (χ2n) is 7.22. The van der Waals surface area contributed by atoms with Crippen LogP contribution in [0, 0.1) is 12.7 Å². The maximum Gasteiger partial charge on any atom is 0.269 e. The van der Waals surface area contributed by atoms with Gasteiger partial charge in [0.25, 0.3) is 11.5 Å². The average molecular weight is 456 g/mol. The van der Waals surface area contributed by atoms with E-state index < -0.39 is 5.82 Å². The first-order chi connectivity index (χ1) is 14.8. The normalized spacial score (nSPS) is 15.5. The van der Waals surface area contributed by atoms with Crippen molar-refractivity contribution >= 4 is 45.9 Å². The number of ether oxygens (including phenoxy) is 1. The SMILES string of the molecule is Cc1cccn2c(=O)c(C=C3SC(=S)N(C(C)C)C3=O)c(Oc3ccc(F)cc3)nc12. The van der Waals surface area contributed by atoms with Crippen LogP contribution in [0.15, 0.2) is 52.3 Å². The summed E-state index contributed by atoms with van der Waals surface area (Å²) in [5, 5.41) is 0. The van der Waals surface area contributed by atoms with E-state index in [1.807, 2.05) is 26.8 Å². The topological polar surface area (TPSA) is 63.9 Å². The average Bonchev–Trinajstić information content (AvgIpc) is 3.00. The van der Waals surface area contributed by atoms with Crippen molar-refractivity contribution in [2.45, 2.75) is 26.8 Å². The van der Waals surface area contributed by atoms with Gasteiger partial charge in [-0.2, -0.15) is 4.98 Å². The van der Waals surface area contributed by atoms with Gasteiger partial charge >= 0.3 is 0 Å². The number of hydrogen-bond donors (Lipinski definition) is 0. The molecule has 3 aromatic rings. The van der Waals surface area contributed by atoms with E-state index in [-0.39, 0.29) is 29.0 Å². The van der Waals surface area contributed by atoms with Crippen molar-refractivity contribution in [2.24, 2.45) is 0 Å². The van der Waals surface area contributed by atoms with E-state index in [9.17, 15) is 14.0 Å². The van der Waals surface area contributed by atoms with E-state index in [0.717, 1.165) is 17.3 Å². The molecule has 3 heterocycles. The molecule has 9 heteroatoms.